The van der Waals surface area contributed by atoms with E-state index >= 15 is 0 Å². The summed E-state index contributed by atoms with van der Waals surface area (Å²) >= 11 is 5.63. The minimum atomic E-state index is -0.904. The van der Waals surface area contributed by atoms with Crippen molar-refractivity contribution >= 4 is 29.2 Å². The summed E-state index contributed by atoms with van der Waals surface area (Å²) in [5.74, 6) is -2.32. The summed E-state index contributed by atoms with van der Waals surface area (Å²) < 4.78 is 13.0. The summed E-state index contributed by atoms with van der Waals surface area (Å²) in [4.78, 5) is 24.4. The van der Waals surface area contributed by atoms with Gasteiger partial charge in [-0.15, -0.1) is 0 Å². The molecule has 1 aromatic rings. The number of carboxylic acid groups (broad SMARTS) is 1. The molecule has 0 radical (unpaired) electrons. The maximum atomic E-state index is 13.0. The number of carbonyl (C=O) groups excluding carboxylic acids is 1. The van der Waals surface area contributed by atoms with Crippen molar-refractivity contribution < 1.29 is 19.1 Å². The van der Waals surface area contributed by atoms with Gasteiger partial charge in [-0.25, -0.2) is 4.39 Å². The predicted octanol–water partition coefficient (Wildman–Crippen LogP) is 2.46. The molecule has 0 bridgehead atoms. The Hall–Kier alpha value is -1.66. The highest BCUT2D eigenvalue weighted by Crippen LogP contribution is 2.19. The lowest BCUT2D eigenvalue weighted by Crippen LogP contribution is -2.37. The molecule has 5 nitrogen and oxygen atoms in total. The first-order valence-electron chi connectivity index (χ1n) is 6.53. The lowest BCUT2D eigenvalue weighted by Gasteiger charge is -2.21. The van der Waals surface area contributed by atoms with Crippen LogP contribution in [0.15, 0.2) is 18.2 Å². The molecule has 21 heavy (non-hydrogen) atoms. The van der Waals surface area contributed by atoms with Crippen LogP contribution in [-0.4, -0.2) is 41.5 Å². The number of benzene rings is 1. The Morgan fingerprint density at radius 3 is 2.67 bits per heavy atom. The van der Waals surface area contributed by atoms with Gasteiger partial charge in [0.25, 0.3) is 0 Å². The fourth-order valence-electron chi connectivity index (χ4n) is 1.75. The Bertz CT molecular complexity index is 525. The van der Waals surface area contributed by atoms with E-state index in [1.807, 2.05) is 6.92 Å². The summed E-state index contributed by atoms with van der Waals surface area (Å²) in [6.45, 7) is 4.32. The quantitative estimate of drug-likeness (QED) is 0.810. The second-order valence-electron chi connectivity index (χ2n) is 4.74. The van der Waals surface area contributed by atoms with E-state index in [0.717, 1.165) is 0 Å². The maximum absolute atomic E-state index is 13.0. The van der Waals surface area contributed by atoms with Gasteiger partial charge >= 0.3 is 5.97 Å². The molecule has 2 N–H and O–H groups in total. The minimum Gasteiger partial charge on any atom is -0.481 e. The molecule has 116 valence electrons. The van der Waals surface area contributed by atoms with E-state index in [2.05, 4.69) is 5.32 Å². The molecular formula is C14H18ClFN2O3. The molecule has 0 aliphatic rings. The van der Waals surface area contributed by atoms with Gasteiger partial charge in [-0.2, -0.15) is 0 Å². The van der Waals surface area contributed by atoms with Gasteiger partial charge < -0.3 is 10.4 Å². The fourth-order valence-corrected chi connectivity index (χ4v) is 1.93. The number of nitrogens with one attached hydrogen (secondary N) is 1. The number of hydrogen-bond donors (Lipinski definition) is 2. The van der Waals surface area contributed by atoms with E-state index in [4.69, 9.17) is 16.7 Å². The smallest absolute Gasteiger partial charge is 0.307 e. The van der Waals surface area contributed by atoms with Crippen molar-refractivity contribution in [2.45, 2.75) is 13.8 Å². The molecule has 0 fully saturated rings. The highest BCUT2D eigenvalue weighted by Gasteiger charge is 2.17. The van der Waals surface area contributed by atoms with Crippen molar-refractivity contribution in [1.82, 2.24) is 4.90 Å². The van der Waals surface area contributed by atoms with Crippen molar-refractivity contribution in [1.29, 1.82) is 0 Å². The topological polar surface area (TPSA) is 69.6 Å². The van der Waals surface area contributed by atoms with Crippen LogP contribution < -0.4 is 5.32 Å². The fraction of sp³-hybridized carbons (Fsp3) is 0.429. The SMILES string of the molecule is CCN(CC(=O)Nc1ccc(F)c(Cl)c1)CC(C)C(=O)O. The van der Waals surface area contributed by atoms with E-state index in [1.54, 1.807) is 11.8 Å². The third kappa shape index (κ3) is 5.69. The molecule has 0 aliphatic carbocycles. The maximum Gasteiger partial charge on any atom is 0.307 e. The number of nitrogens with zero attached hydrogens (tertiary/aromatic N) is 1. The highest BCUT2D eigenvalue weighted by molar-refractivity contribution is 6.31. The summed E-state index contributed by atoms with van der Waals surface area (Å²) in [6.07, 6.45) is 0. The van der Waals surface area contributed by atoms with Crippen molar-refractivity contribution in [3.8, 4) is 0 Å². The molecule has 0 heterocycles. The van der Waals surface area contributed by atoms with Crippen LogP contribution in [0.4, 0.5) is 10.1 Å². The highest BCUT2D eigenvalue weighted by atomic mass is 35.5. The van der Waals surface area contributed by atoms with Crippen LogP contribution in [-0.2, 0) is 9.59 Å². The minimum absolute atomic E-state index is 0.0586. The van der Waals surface area contributed by atoms with Gasteiger partial charge in [0.1, 0.15) is 5.82 Å². The second kappa shape index (κ2) is 7.95. The zero-order valence-corrected chi connectivity index (χ0v) is 12.7. The predicted molar refractivity (Wildman–Crippen MR) is 79.0 cm³/mol. The second-order valence-corrected chi connectivity index (χ2v) is 5.15. The van der Waals surface area contributed by atoms with Crippen molar-refractivity contribution in [3.05, 3.63) is 29.0 Å². The van der Waals surface area contributed by atoms with Gasteiger partial charge in [-0.3, -0.25) is 14.5 Å². The summed E-state index contributed by atoms with van der Waals surface area (Å²) in [7, 11) is 0. The number of aliphatic carboxylic acids is 1. The number of hydrogen-bond acceptors (Lipinski definition) is 3. The Kier molecular flexibility index (Phi) is 6.58. The Morgan fingerprint density at radius 2 is 2.14 bits per heavy atom. The number of amides is 1. The third-order valence-electron chi connectivity index (χ3n) is 2.97. The van der Waals surface area contributed by atoms with E-state index < -0.39 is 17.7 Å². The van der Waals surface area contributed by atoms with Crippen LogP contribution in [0.5, 0.6) is 0 Å². The van der Waals surface area contributed by atoms with Gasteiger partial charge in [-0.05, 0) is 24.7 Å². The average molecular weight is 317 g/mol. The lowest BCUT2D eigenvalue weighted by molar-refractivity contribution is -0.142. The zero-order valence-electron chi connectivity index (χ0n) is 11.9. The Balaban J connectivity index is 2.58. The number of carbonyl (C=O) groups is 2. The first-order valence-corrected chi connectivity index (χ1v) is 6.91. The summed E-state index contributed by atoms with van der Waals surface area (Å²) in [5.41, 5.74) is 0.397. The first kappa shape index (κ1) is 17.4. The van der Waals surface area contributed by atoms with Crippen LogP contribution >= 0.6 is 11.6 Å². The molecular weight excluding hydrogens is 299 g/mol. The zero-order chi connectivity index (χ0) is 16.0. The van der Waals surface area contributed by atoms with Crippen molar-refractivity contribution in [3.63, 3.8) is 0 Å². The van der Waals surface area contributed by atoms with Crippen LogP contribution in [0.1, 0.15) is 13.8 Å². The lowest BCUT2D eigenvalue weighted by atomic mass is 10.1. The molecule has 1 rings (SSSR count). The van der Waals surface area contributed by atoms with Gasteiger partial charge in [0, 0.05) is 12.2 Å². The molecule has 1 aromatic carbocycles. The van der Waals surface area contributed by atoms with Crippen molar-refractivity contribution in [2.75, 3.05) is 25.0 Å². The molecule has 0 saturated heterocycles. The van der Waals surface area contributed by atoms with E-state index in [-0.39, 0.29) is 24.0 Å². The molecule has 1 amide bonds. The van der Waals surface area contributed by atoms with Crippen LogP contribution in [0.2, 0.25) is 5.02 Å². The number of likely N-dealkylation sites (N-methyl/N-ethyl adjacent to an activating group) is 1. The molecule has 1 unspecified atom stereocenters. The van der Waals surface area contributed by atoms with E-state index in [0.29, 0.717) is 12.2 Å². The van der Waals surface area contributed by atoms with Crippen molar-refractivity contribution in [2.24, 2.45) is 5.92 Å². The van der Waals surface area contributed by atoms with Crippen LogP contribution in [0, 0.1) is 11.7 Å². The Labute approximate surface area is 127 Å². The summed E-state index contributed by atoms with van der Waals surface area (Å²) in [5, 5.41) is 11.4. The largest absolute Gasteiger partial charge is 0.481 e. The molecule has 0 spiro atoms. The monoisotopic (exact) mass is 316 g/mol. The average Bonchev–Trinajstić information content (AvgIpc) is 2.41. The van der Waals surface area contributed by atoms with Crippen LogP contribution in [0.25, 0.3) is 0 Å². The normalized spacial score (nSPS) is 12.2. The van der Waals surface area contributed by atoms with Gasteiger partial charge in [0.05, 0.1) is 17.5 Å². The first-order chi connectivity index (χ1) is 9.83. The Morgan fingerprint density at radius 1 is 1.48 bits per heavy atom. The summed E-state index contributed by atoms with van der Waals surface area (Å²) in [6, 6.07) is 3.91. The standard InChI is InChI=1S/C14H18ClFN2O3/c1-3-18(7-9(2)14(20)21)8-13(19)17-10-4-5-12(16)11(15)6-10/h4-6,9H,3,7-8H2,1-2H3,(H,17,19)(H,20,21). The van der Waals surface area contributed by atoms with Gasteiger partial charge in [0.2, 0.25) is 5.91 Å². The number of carboxylic acids is 1. The molecule has 0 saturated carbocycles. The molecule has 0 aliphatic heterocycles. The van der Waals surface area contributed by atoms with E-state index in [1.165, 1.54) is 18.2 Å². The molecule has 1 atom stereocenters. The van der Waals surface area contributed by atoms with Gasteiger partial charge in [-0.1, -0.05) is 25.4 Å². The molecule has 0 aromatic heterocycles. The van der Waals surface area contributed by atoms with Crippen LogP contribution in [0.3, 0.4) is 0 Å². The number of anilines is 1. The number of halogens is 2. The number of rotatable bonds is 7. The molecule has 7 heteroatoms. The third-order valence-corrected chi connectivity index (χ3v) is 3.26. The van der Waals surface area contributed by atoms with E-state index in [9.17, 15) is 14.0 Å². The van der Waals surface area contributed by atoms with Gasteiger partial charge in [0.15, 0.2) is 0 Å².